The zero-order valence-corrected chi connectivity index (χ0v) is 18.3. The van der Waals surface area contributed by atoms with Crippen molar-refractivity contribution in [2.45, 2.75) is 19.0 Å². The van der Waals surface area contributed by atoms with E-state index in [1.54, 1.807) is 23.2 Å². The van der Waals surface area contributed by atoms with Gasteiger partial charge in [-0.15, -0.1) is 0 Å². The van der Waals surface area contributed by atoms with Gasteiger partial charge in [-0.25, -0.2) is 13.4 Å². The predicted molar refractivity (Wildman–Crippen MR) is 117 cm³/mol. The number of hydrogen-bond acceptors (Lipinski definition) is 6. The molecule has 0 aliphatic carbocycles. The molecule has 164 valence electrons. The van der Waals surface area contributed by atoms with Crippen molar-refractivity contribution in [2.24, 2.45) is 0 Å². The Balaban J connectivity index is 1.49. The van der Waals surface area contributed by atoms with Crippen molar-refractivity contribution in [3.8, 4) is 0 Å². The smallest absolute Gasteiger partial charge is 0.255 e. The highest BCUT2D eigenvalue weighted by Gasteiger charge is 2.39. The number of hydrogen-bond donors (Lipinski definition) is 0. The Morgan fingerprint density at radius 3 is 2.42 bits per heavy atom. The SMILES string of the molecule is CS(=O)(=O)CC[C@@H](C(=O)N1CCN(c2ccccn2)CC1)N1Cc2ccccc2C1=O. The van der Waals surface area contributed by atoms with Crippen LogP contribution in [0.5, 0.6) is 0 Å². The van der Waals surface area contributed by atoms with Crippen LogP contribution in [0.3, 0.4) is 0 Å². The highest BCUT2D eigenvalue weighted by atomic mass is 32.2. The zero-order valence-electron chi connectivity index (χ0n) is 17.5. The maximum absolute atomic E-state index is 13.4. The molecule has 0 unspecified atom stereocenters. The van der Waals surface area contributed by atoms with Crippen LogP contribution in [0.1, 0.15) is 22.3 Å². The first-order chi connectivity index (χ1) is 14.8. The van der Waals surface area contributed by atoms with Crippen LogP contribution in [-0.4, -0.2) is 79.2 Å². The van der Waals surface area contributed by atoms with Crippen LogP contribution in [0.2, 0.25) is 0 Å². The third-order valence-corrected chi connectivity index (χ3v) is 6.81. The van der Waals surface area contributed by atoms with Gasteiger partial charge in [0.1, 0.15) is 21.7 Å². The number of anilines is 1. The van der Waals surface area contributed by atoms with Crippen LogP contribution in [0, 0.1) is 0 Å². The first kappa shape index (κ1) is 21.3. The molecule has 2 aliphatic heterocycles. The molecule has 0 N–H and O–H groups in total. The number of benzene rings is 1. The van der Waals surface area contributed by atoms with Gasteiger partial charge in [0, 0.05) is 50.7 Å². The second-order valence-corrected chi connectivity index (χ2v) is 10.3. The van der Waals surface area contributed by atoms with Crippen LogP contribution in [0.15, 0.2) is 48.7 Å². The topological polar surface area (TPSA) is 90.9 Å². The Morgan fingerprint density at radius 1 is 1.06 bits per heavy atom. The van der Waals surface area contributed by atoms with Crippen molar-refractivity contribution in [1.82, 2.24) is 14.8 Å². The third-order valence-electron chi connectivity index (χ3n) is 5.84. The van der Waals surface area contributed by atoms with Crippen molar-refractivity contribution < 1.29 is 18.0 Å². The molecule has 1 saturated heterocycles. The molecule has 2 aliphatic rings. The second-order valence-electron chi connectivity index (χ2n) is 8.02. The van der Waals surface area contributed by atoms with Crippen LogP contribution >= 0.6 is 0 Å². The lowest BCUT2D eigenvalue weighted by atomic mass is 10.1. The molecule has 1 fully saturated rings. The molecule has 2 amide bonds. The van der Waals surface area contributed by atoms with Crippen molar-refractivity contribution in [3.05, 3.63) is 59.8 Å². The summed E-state index contributed by atoms with van der Waals surface area (Å²) in [5.41, 5.74) is 1.45. The largest absolute Gasteiger partial charge is 0.353 e. The molecular formula is C22H26N4O4S. The number of fused-ring (bicyclic) bond motifs is 1. The Labute approximate surface area is 182 Å². The van der Waals surface area contributed by atoms with Gasteiger partial charge < -0.3 is 14.7 Å². The zero-order chi connectivity index (χ0) is 22.0. The maximum atomic E-state index is 13.4. The van der Waals surface area contributed by atoms with Gasteiger partial charge in [0.05, 0.1) is 5.75 Å². The van der Waals surface area contributed by atoms with E-state index < -0.39 is 15.9 Å². The molecule has 0 spiro atoms. The minimum Gasteiger partial charge on any atom is -0.353 e. The molecule has 0 saturated carbocycles. The molecule has 1 atom stereocenters. The monoisotopic (exact) mass is 442 g/mol. The summed E-state index contributed by atoms with van der Waals surface area (Å²) >= 11 is 0. The van der Waals surface area contributed by atoms with Gasteiger partial charge in [-0.2, -0.15) is 0 Å². The standard InChI is InChI=1S/C22H26N4O4S/c1-31(29,30)15-9-19(26-16-17-6-2-3-7-18(17)21(26)27)22(28)25-13-11-24(12-14-25)20-8-4-5-10-23-20/h2-8,10,19H,9,11-16H2,1H3/t19-/m0/s1. The number of sulfone groups is 1. The van der Waals surface area contributed by atoms with Gasteiger partial charge in [0.25, 0.3) is 5.91 Å². The quantitative estimate of drug-likeness (QED) is 0.668. The lowest BCUT2D eigenvalue weighted by Gasteiger charge is -2.38. The molecule has 8 nitrogen and oxygen atoms in total. The first-order valence-corrected chi connectivity index (χ1v) is 12.4. The minimum atomic E-state index is -3.27. The van der Waals surface area contributed by atoms with Gasteiger partial charge in [0.2, 0.25) is 5.91 Å². The van der Waals surface area contributed by atoms with Crippen LogP contribution in [-0.2, 0) is 21.2 Å². The summed E-state index contributed by atoms with van der Waals surface area (Å²) in [4.78, 5) is 36.2. The second kappa shape index (κ2) is 8.66. The fourth-order valence-electron chi connectivity index (χ4n) is 4.17. The summed E-state index contributed by atoms with van der Waals surface area (Å²) in [5.74, 6) is 0.325. The Bertz CT molecular complexity index is 1070. The number of aromatic nitrogens is 1. The van der Waals surface area contributed by atoms with Gasteiger partial charge >= 0.3 is 0 Å². The van der Waals surface area contributed by atoms with E-state index in [1.807, 2.05) is 30.3 Å². The number of amides is 2. The molecule has 1 aromatic carbocycles. The summed E-state index contributed by atoms with van der Waals surface area (Å²) in [6, 6.07) is 12.2. The molecule has 0 radical (unpaired) electrons. The molecule has 1 aromatic heterocycles. The van der Waals surface area contributed by atoms with Gasteiger partial charge in [-0.3, -0.25) is 9.59 Å². The lowest BCUT2D eigenvalue weighted by Crippen LogP contribution is -2.55. The highest BCUT2D eigenvalue weighted by molar-refractivity contribution is 7.90. The molecule has 31 heavy (non-hydrogen) atoms. The Hall–Kier alpha value is -2.94. The number of rotatable bonds is 6. The predicted octanol–water partition coefficient (Wildman–Crippen LogP) is 1.19. The van der Waals surface area contributed by atoms with Crippen molar-refractivity contribution in [1.29, 1.82) is 0 Å². The van der Waals surface area contributed by atoms with Crippen LogP contribution in [0.25, 0.3) is 0 Å². The maximum Gasteiger partial charge on any atom is 0.255 e. The molecule has 4 rings (SSSR count). The first-order valence-electron chi connectivity index (χ1n) is 10.3. The molecule has 2 aromatic rings. The molecule has 0 bridgehead atoms. The van der Waals surface area contributed by atoms with Gasteiger partial charge in [-0.1, -0.05) is 24.3 Å². The molecular weight excluding hydrogens is 416 g/mol. The Morgan fingerprint density at radius 2 is 1.77 bits per heavy atom. The average molecular weight is 443 g/mol. The Kier molecular flexibility index (Phi) is 5.95. The summed E-state index contributed by atoms with van der Waals surface area (Å²) in [6.45, 7) is 2.59. The van der Waals surface area contributed by atoms with Crippen LogP contribution in [0.4, 0.5) is 5.82 Å². The lowest BCUT2D eigenvalue weighted by molar-refractivity contribution is -0.136. The highest BCUT2D eigenvalue weighted by Crippen LogP contribution is 2.27. The number of piperazine rings is 1. The van der Waals surface area contributed by atoms with Gasteiger partial charge in [-0.05, 0) is 30.2 Å². The van der Waals surface area contributed by atoms with E-state index in [0.29, 0.717) is 38.3 Å². The van der Waals surface area contributed by atoms with Crippen molar-refractivity contribution in [2.75, 3.05) is 43.1 Å². The van der Waals surface area contributed by atoms with E-state index in [4.69, 9.17) is 0 Å². The normalized spacial score (nSPS) is 17.6. The summed E-state index contributed by atoms with van der Waals surface area (Å²) in [6.07, 6.45) is 2.99. The van der Waals surface area contributed by atoms with Crippen molar-refractivity contribution >= 4 is 27.5 Å². The average Bonchev–Trinajstić information content (AvgIpc) is 3.10. The molecule has 9 heteroatoms. The fraction of sp³-hybridized carbons (Fsp3) is 0.409. The molecule has 3 heterocycles. The van der Waals surface area contributed by atoms with E-state index >= 15 is 0 Å². The summed E-state index contributed by atoms with van der Waals surface area (Å²) < 4.78 is 23.6. The van der Waals surface area contributed by atoms with E-state index in [2.05, 4.69) is 9.88 Å². The third kappa shape index (κ3) is 4.71. The van der Waals surface area contributed by atoms with E-state index in [1.165, 1.54) is 4.90 Å². The number of nitrogens with zero attached hydrogens (tertiary/aromatic N) is 4. The number of carbonyl (C=O) groups is 2. The van der Waals surface area contributed by atoms with Gasteiger partial charge in [0.15, 0.2) is 0 Å². The van der Waals surface area contributed by atoms with E-state index in [9.17, 15) is 18.0 Å². The van der Waals surface area contributed by atoms with Crippen LogP contribution < -0.4 is 4.90 Å². The van der Waals surface area contributed by atoms with E-state index in [-0.39, 0.29) is 24.0 Å². The summed E-state index contributed by atoms with van der Waals surface area (Å²) in [5, 5.41) is 0. The summed E-state index contributed by atoms with van der Waals surface area (Å²) in [7, 11) is -3.27. The number of pyridine rings is 1. The number of carbonyl (C=O) groups excluding carboxylic acids is 2. The minimum absolute atomic E-state index is 0.0951. The van der Waals surface area contributed by atoms with E-state index in [0.717, 1.165) is 17.6 Å². The van der Waals surface area contributed by atoms with Crippen molar-refractivity contribution in [3.63, 3.8) is 0 Å². The fourth-order valence-corrected chi connectivity index (χ4v) is 4.83.